The van der Waals surface area contributed by atoms with Crippen LogP contribution >= 0.6 is 11.8 Å². The largest absolute Gasteiger partial charge is 0.469 e. The number of nitrogens with zero attached hydrogens (tertiary/aromatic N) is 1. The SMILES string of the molecule is COC(=O)[C@H]1CCCN(C2CCOC3(CCSCC3)C2)C1. The maximum absolute atomic E-state index is 11.8. The third-order valence-corrected chi connectivity index (χ3v) is 6.36. The number of likely N-dealkylation sites (tertiary alicyclic amines) is 1. The molecular formula is C16H27NO3S. The number of carbonyl (C=O) groups is 1. The van der Waals surface area contributed by atoms with Gasteiger partial charge in [-0.05, 0) is 56.6 Å². The second kappa shape index (κ2) is 6.88. The Labute approximate surface area is 131 Å². The lowest BCUT2D eigenvalue weighted by molar-refractivity contribution is -0.149. The van der Waals surface area contributed by atoms with Crippen LogP contribution in [0, 0.1) is 5.92 Å². The van der Waals surface area contributed by atoms with Crippen molar-refractivity contribution in [2.75, 3.05) is 38.3 Å². The molecule has 0 aromatic carbocycles. The molecule has 3 heterocycles. The van der Waals surface area contributed by atoms with Crippen LogP contribution in [0.1, 0.15) is 38.5 Å². The molecule has 21 heavy (non-hydrogen) atoms. The number of thioether (sulfide) groups is 1. The van der Waals surface area contributed by atoms with E-state index in [4.69, 9.17) is 9.47 Å². The fourth-order valence-corrected chi connectivity index (χ4v) is 5.34. The Hall–Kier alpha value is -0.260. The molecule has 2 atom stereocenters. The van der Waals surface area contributed by atoms with Gasteiger partial charge in [0.05, 0.1) is 18.6 Å². The molecule has 3 fully saturated rings. The standard InChI is InChI=1S/C16H27NO3S/c1-19-15(18)13-3-2-7-17(12-13)14-4-8-20-16(11-14)5-9-21-10-6-16/h13-14H,2-12H2,1H3/t13-,14?/m0/s1. The van der Waals surface area contributed by atoms with Gasteiger partial charge in [-0.3, -0.25) is 9.69 Å². The molecular weight excluding hydrogens is 286 g/mol. The second-order valence-corrected chi connectivity index (χ2v) is 7.87. The van der Waals surface area contributed by atoms with Gasteiger partial charge in [0.15, 0.2) is 0 Å². The van der Waals surface area contributed by atoms with Crippen LogP contribution < -0.4 is 0 Å². The molecule has 0 amide bonds. The second-order valence-electron chi connectivity index (χ2n) is 6.65. The molecule has 0 N–H and O–H groups in total. The molecule has 5 heteroatoms. The minimum atomic E-state index is -0.0319. The Morgan fingerprint density at radius 2 is 2.14 bits per heavy atom. The summed E-state index contributed by atoms with van der Waals surface area (Å²) in [6.07, 6.45) is 6.75. The summed E-state index contributed by atoms with van der Waals surface area (Å²) in [6.45, 7) is 2.89. The van der Waals surface area contributed by atoms with Crippen molar-refractivity contribution in [2.45, 2.75) is 50.2 Å². The van der Waals surface area contributed by atoms with Crippen molar-refractivity contribution in [3.63, 3.8) is 0 Å². The minimum absolute atomic E-state index is 0.0319. The van der Waals surface area contributed by atoms with Crippen molar-refractivity contribution in [1.82, 2.24) is 4.90 Å². The number of esters is 1. The first-order valence-corrected chi connectivity index (χ1v) is 9.41. The molecule has 3 aliphatic rings. The highest BCUT2D eigenvalue weighted by molar-refractivity contribution is 7.99. The molecule has 0 aromatic heterocycles. The molecule has 0 radical (unpaired) electrons. The first-order valence-electron chi connectivity index (χ1n) is 8.26. The Morgan fingerprint density at radius 1 is 1.33 bits per heavy atom. The smallest absolute Gasteiger partial charge is 0.309 e. The van der Waals surface area contributed by atoms with Gasteiger partial charge in [-0.25, -0.2) is 0 Å². The zero-order chi connectivity index (χ0) is 14.7. The maximum Gasteiger partial charge on any atom is 0.309 e. The lowest BCUT2D eigenvalue weighted by atomic mass is 9.83. The van der Waals surface area contributed by atoms with Crippen LogP contribution in [-0.2, 0) is 14.3 Å². The highest BCUT2D eigenvalue weighted by Gasteiger charge is 2.41. The molecule has 1 spiro atoms. The van der Waals surface area contributed by atoms with Crippen LogP contribution in [0.3, 0.4) is 0 Å². The van der Waals surface area contributed by atoms with Gasteiger partial charge in [0.1, 0.15) is 0 Å². The predicted octanol–water partition coefficient (Wildman–Crippen LogP) is 2.32. The Bertz CT molecular complexity index is 365. The molecule has 120 valence electrons. The van der Waals surface area contributed by atoms with E-state index in [1.807, 2.05) is 0 Å². The molecule has 0 aromatic rings. The van der Waals surface area contributed by atoms with Gasteiger partial charge >= 0.3 is 5.97 Å². The highest BCUT2D eigenvalue weighted by atomic mass is 32.2. The van der Waals surface area contributed by atoms with Crippen LogP contribution in [0.5, 0.6) is 0 Å². The third-order valence-electron chi connectivity index (χ3n) is 5.37. The maximum atomic E-state index is 11.8. The molecule has 3 rings (SSSR count). The van der Waals surface area contributed by atoms with Crippen molar-refractivity contribution in [2.24, 2.45) is 5.92 Å². The molecule has 0 aliphatic carbocycles. The average Bonchev–Trinajstić information content (AvgIpc) is 2.55. The van der Waals surface area contributed by atoms with Crippen LogP contribution in [0.15, 0.2) is 0 Å². The van der Waals surface area contributed by atoms with Gasteiger partial charge in [-0.15, -0.1) is 0 Å². The number of piperidine rings is 1. The van der Waals surface area contributed by atoms with Crippen molar-refractivity contribution in [1.29, 1.82) is 0 Å². The summed E-state index contributed by atoms with van der Waals surface area (Å²) in [5.41, 5.74) is 0.131. The monoisotopic (exact) mass is 313 g/mol. The summed E-state index contributed by atoms with van der Waals surface area (Å²) in [7, 11) is 1.50. The van der Waals surface area contributed by atoms with Gasteiger partial charge in [-0.1, -0.05) is 0 Å². The van der Waals surface area contributed by atoms with E-state index in [0.29, 0.717) is 6.04 Å². The number of methoxy groups -OCH3 is 1. The van der Waals surface area contributed by atoms with Crippen molar-refractivity contribution in [3.05, 3.63) is 0 Å². The fourth-order valence-electron chi connectivity index (χ4n) is 4.10. The Kier molecular flexibility index (Phi) is 5.12. The van der Waals surface area contributed by atoms with Gasteiger partial charge in [-0.2, -0.15) is 11.8 Å². The van der Waals surface area contributed by atoms with E-state index in [-0.39, 0.29) is 17.5 Å². The Morgan fingerprint density at radius 3 is 2.90 bits per heavy atom. The van der Waals surface area contributed by atoms with E-state index >= 15 is 0 Å². The van der Waals surface area contributed by atoms with Crippen LogP contribution in [-0.4, -0.2) is 60.8 Å². The van der Waals surface area contributed by atoms with E-state index in [1.54, 1.807) is 0 Å². The summed E-state index contributed by atoms with van der Waals surface area (Å²) < 4.78 is 11.1. The number of rotatable bonds is 2. The van der Waals surface area contributed by atoms with Gasteiger partial charge < -0.3 is 9.47 Å². The van der Waals surface area contributed by atoms with Crippen molar-refractivity contribution >= 4 is 17.7 Å². The van der Waals surface area contributed by atoms with Gasteiger partial charge in [0.25, 0.3) is 0 Å². The number of hydrogen-bond donors (Lipinski definition) is 0. The van der Waals surface area contributed by atoms with Gasteiger partial charge in [0.2, 0.25) is 0 Å². The first-order chi connectivity index (χ1) is 10.2. The van der Waals surface area contributed by atoms with Crippen LogP contribution in [0.25, 0.3) is 0 Å². The van der Waals surface area contributed by atoms with Crippen molar-refractivity contribution in [3.8, 4) is 0 Å². The molecule has 4 nitrogen and oxygen atoms in total. The van der Waals surface area contributed by atoms with E-state index in [1.165, 1.54) is 31.5 Å². The number of ether oxygens (including phenoxy) is 2. The lowest BCUT2D eigenvalue weighted by Gasteiger charge is -2.47. The van der Waals surface area contributed by atoms with Gasteiger partial charge in [0, 0.05) is 19.2 Å². The Balaban J connectivity index is 1.61. The first kappa shape index (κ1) is 15.6. The summed E-state index contributed by atoms with van der Waals surface area (Å²) >= 11 is 2.05. The predicted molar refractivity (Wildman–Crippen MR) is 84.6 cm³/mol. The molecule has 3 saturated heterocycles. The van der Waals surface area contributed by atoms with E-state index in [9.17, 15) is 4.79 Å². The summed E-state index contributed by atoms with van der Waals surface area (Å²) in [5.74, 6) is 2.51. The zero-order valence-electron chi connectivity index (χ0n) is 13.0. The van der Waals surface area contributed by atoms with E-state index in [2.05, 4.69) is 16.7 Å². The fraction of sp³-hybridized carbons (Fsp3) is 0.938. The number of hydrogen-bond acceptors (Lipinski definition) is 5. The summed E-state index contributed by atoms with van der Waals surface area (Å²) in [4.78, 5) is 14.4. The third kappa shape index (κ3) is 3.57. The van der Waals surface area contributed by atoms with Crippen LogP contribution in [0.2, 0.25) is 0 Å². The van der Waals surface area contributed by atoms with Crippen LogP contribution in [0.4, 0.5) is 0 Å². The van der Waals surface area contributed by atoms with E-state index in [0.717, 1.165) is 45.4 Å². The molecule has 1 unspecified atom stereocenters. The van der Waals surface area contributed by atoms with E-state index < -0.39 is 0 Å². The molecule has 0 bridgehead atoms. The minimum Gasteiger partial charge on any atom is -0.469 e. The molecule has 0 saturated carbocycles. The number of carbonyl (C=O) groups excluding carboxylic acids is 1. The normalized spacial score (nSPS) is 33.8. The topological polar surface area (TPSA) is 38.8 Å². The lowest BCUT2D eigenvalue weighted by Crippen LogP contribution is -2.53. The average molecular weight is 313 g/mol. The zero-order valence-corrected chi connectivity index (χ0v) is 13.8. The summed E-state index contributed by atoms with van der Waals surface area (Å²) in [5, 5.41) is 0. The molecule has 3 aliphatic heterocycles. The van der Waals surface area contributed by atoms with Crippen molar-refractivity contribution < 1.29 is 14.3 Å². The quantitative estimate of drug-likeness (QED) is 0.732. The highest BCUT2D eigenvalue weighted by Crippen LogP contribution is 2.39. The summed E-state index contributed by atoms with van der Waals surface area (Å²) in [6, 6.07) is 0.592.